The minimum absolute atomic E-state index is 0.186. The number of nitrogens with zero attached hydrogens (tertiary/aromatic N) is 1. The van der Waals surface area contributed by atoms with Gasteiger partial charge in [-0.1, -0.05) is 18.2 Å². The molecular formula is C15H14BrN3O2. The molecule has 0 aliphatic carbocycles. The van der Waals surface area contributed by atoms with E-state index in [9.17, 15) is 9.59 Å². The molecule has 0 atom stereocenters. The number of pyridine rings is 1. The first-order valence-corrected chi connectivity index (χ1v) is 7.20. The first-order chi connectivity index (χ1) is 10.2. The highest BCUT2D eigenvalue weighted by atomic mass is 79.9. The summed E-state index contributed by atoms with van der Waals surface area (Å²) in [6, 6.07) is 12.3. The van der Waals surface area contributed by atoms with Gasteiger partial charge in [-0.25, -0.2) is 0 Å². The van der Waals surface area contributed by atoms with Crippen LogP contribution in [-0.2, 0) is 0 Å². The summed E-state index contributed by atoms with van der Waals surface area (Å²) in [5.41, 5.74) is 0.920. The van der Waals surface area contributed by atoms with Crippen LogP contribution in [0.3, 0.4) is 0 Å². The topological polar surface area (TPSA) is 71.1 Å². The molecule has 2 amide bonds. The molecule has 0 bridgehead atoms. The fraction of sp³-hybridized carbons (Fsp3) is 0.133. The van der Waals surface area contributed by atoms with Crippen LogP contribution < -0.4 is 10.6 Å². The van der Waals surface area contributed by atoms with Gasteiger partial charge < -0.3 is 10.6 Å². The molecule has 1 aromatic heterocycles. The summed E-state index contributed by atoms with van der Waals surface area (Å²) in [7, 11) is 0. The summed E-state index contributed by atoms with van der Waals surface area (Å²) in [6.07, 6.45) is 1.56. The monoisotopic (exact) mass is 347 g/mol. The predicted molar refractivity (Wildman–Crippen MR) is 83.0 cm³/mol. The molecule has 2 rings (SSSR count). The molecule has 6 heteroatoms. The van der Waals surface area contributed by atoms with Crippen LogP contribution in [0.25, 0.3) is 0 Å². The number of nitrogens with one attached hydrogen (secondary N) is 2. The second-order valence-corrected chi connectivity index (χ2v) is 5.06. The van der Waals surface area contributed by atoms with Gasteiger partial charge in [-0.2, -0.15) is 0 Å². The van der Waals surface area contributed by atoms with Crippen LogP contribution in [0, 0.1) is 0 Å². The van der Waals surface area contributed by atoms with E-state index in [0.29, 0.717) is 24.3 Å². The molecule has 21 heavy (non-hydrogen) atoms. The first kappa shape index (κ1) is 15.2. The highest BCUT2D eigenvalue weighted by Crippen LogP contribution is 2.15. The van der Waals surface area contributed by atoms with Crippen LogP contribution in [0.1, 0.15) is 20.8 Å². The number of benzene rings is 1. The van der Waals surface area contributed by atoms with Crippen molar-refractivity contribution in [3.8, 4) is 0 Å². The number of aromatic nitrogens is 1. The Morgan fingerprint density at radius 2 is 1.62 bits per heavy atom. The zero-order valence-corrected chi connectivity index (χ0v) is 12.8. The quantitative estimate of drug-likeness (QED) is 0.812. The molecular weight excluding hydrogens is 334 g/mol. The molecule has 1 heterocycles. The first-order valence-electron chi connectivity index (χ1n) is 6.40. The van der Waals surface area contributed by atoms with Gasteiger partial charge in [0, 0.05) is 23.8 Å². The normalized spacial score (nSPS) is 9.95. The Hall–Kier alpha value is -2.21. The Labute approximate surface area is 130 Å². The van der Waals surface area contributed by atoms with Crippen molar-refractivity contribution in [2.75, 3.05) is 13.1 Å². The highest BCUT2D eigenvalue weighted by molar-refractivity contribution is 9.10. The molecule has 0 aliphatic rings. The van der Waals surface area contributed by atoms with Gasteiger partial charge in [0.1, 0.15) is 5.69 Å². The molecule has 0 fully saturated rings. The maximum absolute atomic E-state index is 11.9. The van der Waals surface area contributed by atoms with Gasteiger partial charge in [-0.05, 0) is 40.2 Å². The van der Waals surface area contributed by atoms with E-state index in [2.05, 4.69) is 31.5 Å². The lowest BCUT2D eigenvalue weighted by Gasteiger charge is -2.08. The lowest BCUT2D eigenvalue weighted by atomic mass is 10.2. The van der Waals surface area contributed by atoms with E-state index in [1.807, 2.05) is 6.07 Å². The van der Waals surface area contributed by atoms with Crippen molar-refractivity contribution in [3.05, 3.63) is 64.4 Å². The van der Waals surface area contributed by atoms with Crippen LogP contribution in [-0.4, -0.2) is 29.9 Å². The third kappa shape index (κ3) is 4.39. The van der Waals surface area contributed by atoms with E-state index < -0.39 is 0 Å². The lowest BCUT2D eigenvalue weighted by molar-refractivity contribution is 0.0924. The Morgan fingerprint density at radius 1 is 0.952 bits per heavy atom. The van der Waals surface area contributed by atoms with Crippen LogP contribution in [0.4, 0.5) is 0 Å². The van der Waals surface area contributed by atoms with Gasteiger partial charge in [0.05, 0.1) is 5.56 Å². The van der Waals surface area contributed by atoms with E-state index in [-0.39, 0.29) is 11.8 Å². The van der Waals surface area contributed by atoms with Crippen molar-refractivity contribution >= 4 is 27.7 Å². The molecule has 0 unspecified atom stereocenters. The third-order valence-corrected chi connectivity index (χ3v) is 3.40. The second-order valence-electron chi connectivity index (χ2n) is 4.21. The number of carbonyl (C=O) groups is 2. The number of amides is 2. The Bertz CT molecular complexity index is 632. The summed E-state index contributed by atoms with van der Waals surface area (Å²) < 4.78 is 0.736. The zero-order valence-electron chi connectivity index (χ0n) is 11.2. The van der Waals surface area contributed by atoms with Crippen molar-refractivity contribution in [1.29, 1.82) is 0 Å². The number of hydrogen-bond donors (Lipinski definition) is 2. The number of halogens is 1. The minimum atomic E-state index is -0.259. The zero-order chi connectivity index (χ0) is 15.1. The van der Waals surface area contributed by atoms with Crippen molar-refractivity contribution in [1.82, 2.24) is 15.6 Å². The van der Waals surface area contributed by atoms with Crippen LogP contribution >= 0.6 is 15.9 Å². The Kier molecular flexibility index (Phi) is 5.45. The lowest BCUT2D eigenvalue weighted by Crippen LogP contribution is -2.35. The molecule has 0 spiro atoms. The molecule has 0 saturated heterocycles. The van der Waals surface area contributed by atoms with E-state index in [4.69, 9.17) is 0 Å². The fourth-order valence-corrected chi connectivity index (χ4v) is 2.15. The van der Waals surface area contributed by atoms with E-state index in [1.54, 1.807) is 42.6 Å². The maximum Gasteiger partial charge on any atom is 0.269 e. The van der Waals surface area contributed by atoms with Crippen molar-refractivity contribution in [2.24, 2.45) is 0 Å². The molecule has 2 aromatic rings. The molecule has 108 valence electrons. The van der Waals surface area contributed by atoms with Gasteiger partial charge in [-0.15, -0.1) is 0 Å². The van der Waals surface area contributed by atoms with Gasteiger partial charge >= 0.3 is 0 Å². The van der Waals surface area contributed by atoms with Gasteiger partial charge in [-0.3, -0.25) is 14.6 Å². The number of rotatable bonds is 5. The Morgan fingerprint density at radius 3 is 2.29 bits per heavy atom. The number of carbonyl (C=O) groups excluding carboxylic acids is 2. The van der Waals surface area contributed by atoms with E-state index >= 15 is 0 Å². The Balaban J connectivity index is 1.76. The van der Waals surface area contributed by atoms with Gasteiger partial charge in [0.25, 0.3) is 11.8 Å². The fourth-order valence-electron chi connectivity index (χ4n) is 1.68. The van der Waals surface area contributed by atoms with Crippen molar-refractivity contribution in [2.45, 2.75) is 0 Å². The SMILES string of the molecule is O=C(NCCNC(=O)c1ccccc1Br)c1ccccn1. The largest absolute Gasteiger partial charge is 0.350 e. The van der Waals surface area contributed by atoms with Crippen LogP contribution in [0.5, 0.6) is 0 Å². The minimum Gasteiger partial charge on any atom is -0.350 e. The molecule has 0 radical (unpaired) electrons. The molecule has 0 saturated carbocycles. The number of hydrogen-bond acceptors (Lipinski definition) is 3. The smallest absolute Gasteiger partial charge is 0.269 e. The summed E-state index contributed by atoms with van der Waals surface area (Å²) >= 11 is 3.32. The van der Waals surface area contributed by atoms with Crippen molar-refractivity contribution in [3.63, 3.8) is 0 Å². The maximum atomic E-state index is 11.9. The molecule has 5 nitrogen and oxygen atoms in total. The summed E-state index contributed by atoms with van der Waals surface area (Å²) in [4.78, 5) is 27.6. The van der Waals surface area contributed by atoms with Gasteiger partial charge in [0.15, 0.2) is 0 Å². The molecule has 2 N–H and O–H groups in total. The summed E-state index contributed by atoms with van der Waals surface area (Å²) in [5.74, 6) is -0.444. The average Bonchev–Trinajstić information content (AvgIpc) is 2.52. The highest BCUT2D eigenvalue weighted by Gasteiger charge is 2.09. The van der Waals surface area contributed by atoms with E-state index in [0.717, 1.165) is 4.47 Å². The summed E-state index contributed by atoms with van der Waals surface area (Å²) in [5, 5.41) is 5.44. The standard InChI is InChI=1S/C15H14BrN3O2/c16-12-6-2-1-5-11(12)14(20)18-9-10-19-15(21)13-7-3-4-8-17-13/h1-8H,9-10H2,(H,18,20)(H,19,21). The molecule has 1 aromatic carbocycles. The van der Waals surface area contributed by atoms with Crippen LogP contribution in [0.2, 0.25) is 0 Å². The van der Waals surface area contributed by atoms with Crippen LogP contribution in [0.15, 0.2) is 53.1 Å². The second kappa shape index (κ2) is 7.54. The van der Waals surface area contributed by atoms with E-state index in [1.165, 1.54) is 0 Å². The van der Waals surface area contributed by atoms with Gasteiger partial charge in [0.2, 0.25) is 0 Å². The molecule has 0 aliphatic heterocycles. The predicted octanol–water partition coefficient (Wildman–Crippen LogP) is 2.00. The van der Waals surface area contributed by atoms with Crippen molar-refractivity contribution < 1.29 is 9.59 Å². The third-order valence-electron chi connectivity index (χ3n) is 2.71. The summed E-state index contributed by atoms with van der Waals surface area (Å²) in [6.45, 7) is 0.685. The average molecular weight is 348 g/mol.